The van der Waals surface area contributed by atoms with E-state index in [-0.39, 0.29) is 0 Å². The van der Waals surface area contributed by atoms with E-state index in [2.05, 4.69) is 211 Å². The van der Waals surface area contributed by atoms with Crippen molar-refractivity contribution in [2.45, 2.75) is 0 Å². The summed E-state index contributed by atoms with van der Waals surface area (Å²) in [5, 5.41) is 10.9. The van der Waals surface area contributed by atoms with Crippen molar-refractivity contribution in [2.75, 3.05) is 0 Å². The average Bonchev–Trinajstić information content (AvgIpc) is 3.65. The van der Waals surface area contributed by atoms with Crippen LogP contribution in [0.2, 0.25) is 0 Å². The van der Waals surface area contributed by atoms with Gasteiger partial charge in [0.1, 0.15) is 5.65 Å². The van der Waals surface area contributed by atoms with E-state index in [0.717, 1.165) is 38.7 Å². The molecular weight excluding hydrogens is 665 g/mol. The van der Waals surface area contributed by atoms with Gasteiger partial charge in [-0.25, -0.2) is 4.98 Å². The number of benzene rings is 8. The predicted octanol–water partition coefficient (Wildman–Crippen LogP) is 14.4. The topological polar surface area (TPSA) is 17.3 Å². The van der Waals surface area contributed by atoms with Gasteiger partial charge in [-0.1, -0.05) is 182 Å². The van der Waals surface area contributed by atoms with Gasteiger partial charge >= 0.3 is 0 Å². The Balaban J connectivity index is 1.24. The van der Waals surface area contributed by atoms with Gasteiger partial charge in [0, 0.05) is 10.8 Å². The summed E-state index contributed by atoms with van der Waals surface area (Å²) in [5.74, 6) is 0. The van der Waals surface area contributed by atoms with Crippen LogP contribution in [0.3, 0.4) is 0 Å². The van der Waals surface area contributed by atoms with Crippen molar-refractivity contribution < 1.29 is 0 Å². The second-order valence-electron chi connectivity index (χ2n) is 14.3. The van der Waals surface area contributed by atoms with E-state index in [1.807, 2.05) is 0 Å². The van der Waals surface area contributed by atoms with E-state index in [9.17, 15) is 0 Å². The number of imidazole rings is 1. The first-order chi connectivity index (χ1) is 27.3. The summed E-state index contributed by atoms with van der Waals surface area (Å²) in [6, 6.07) is 75.0. The van der Waals surface area contributed by atoms with Gasteiger partial charge in [0.05, 0.1) is 16.6 Å². The van der Waals surface area contributed by atoms with E-state index < -0.39 is 0 Å². The van der Waals surface area contributed by atoms with Gasteiger partial charge in [-0.3, -0.25) is 4.40 Å². The maximum Gasteiger partial charge on any atom is 0.146 e. The standard InChI is InChI=1S/C53H34N2/c1-3-19-39-36(14-1)17-12-25-41(39)45-27-11-16-35(30-32-47(44-22-6-5-21-43(44)45)42-26-13-18-37-15-2-4-20-40(37)42)38-31-33-51-49(34-38)46-23-7-8-24-48(46)53-54-50-28-9-10-29-52(50)55(51)53/h1-34H. The maximum absolute atomic E-state index is 5.10. The normalized spacial score (nSPS) is 11.6. The molecule has 0 unspecified atom stereocenters. The molecule has 9 aromatic carbocycles. The van der Waals surface area contributed by atoms with Crippen LogP contribution in [0.15, 0.2) is 206 Å². The summed E-state index contributed by atoms with van der Waals surface area (Å²) in [5.41, 5.74) is 11.3. The number of hydrogen-bond acceptors (Lipinski definition) is 1. The van der Waals surface area contributed by atoms with Crippen LogP contribution in [0.25, 0.3) is 104 Å². The van der Waals surface area contributed by atoms with E-state index >= 15 is 0 Å². The number of hydrogen-bond donors (Lipinski definition) is 0. The number of para-hydroxylation sites is 2. The lowest BCUT2D eigenvalue weighted by Crippen LogP contribution is -1.92. The van der Waals surface area contributed by atoms with Crippen LogP contribution in [0.1, 0.15) is 0 Å². The summed E-state index contributed by atoms with van der Waals surface area (Å²) < 4.78 is 2.32. The Morgan fingerprint density at radius 1 is 0.291 bits per heavy atom. The lowest BCUT2D eigenvalue weighted by atomic mass is 9.91. The molecule has 0 aliphatic heterocycles. The molecule has 0 aliphatic rings. The Morgan fingerprint density at radius 2 is 0.782 bits per heavy atom. The number of nitrogens with zero attached hydrogens (tertiary/aromatic N) is 2. The summed E-state index contributed by atoms with van der Waals surface area (Å²) in [4.78, 5) is 5.10. The van der Waals surface area contributed by atoms with Crippen LogP contribution in [0.4, 0.5) is 0 Å². The molecule has 55 heavy (non-hydrogen) atoms. The highest BCUT2D eigenvalue weighted by molar-refractivity contribution is 6.15. The highest BCUT2D eigenvalue weighted by Crippen LogP contribution is 2.39. The number of pyridine rings is 1. The van der Waals surface area contributed by atoms with E-state index in [4.69, 9.17) is 4.98 Å². The second-order valence-corrected chi connectivity index (χ2v) is 14.3. The highest BCUT2D eigenvalue weighted by atomic mass is 15.0. The van der Waals surface area contributed by atoms with Gasteiger partial charge in [-0.15, -0.1) is 0 Å². The van der Waals surface area contributed by atoms with Crippen LogP contribution in [0, 0.1) is 0 Å². The smallest absolute Gasteiger partial charge is 0.146 e. The van der Waals surface area contributed by atoms with Crippen LogP contribution < -0.4 is 0 Å². The zero-order valence-electron chi connectivity index (χ0n) is 30.0. The number of fused-ring (bicyclic) bond motifs is 11. The van der Waals surface area contributed by atoms with Crippen molar-refractivity contribution in [1.29, 1.82) is 0 Å². The molecule has 0 N–H and O–H groups in total. The Hall–Kier alpha value is -7.29. The molecule has 0 radical (unpaired) electrons. The zero-order valence-corrected chi connectivity index (χ0v) is 30.0. The molecule has 2 heterocycles. The fourth-order valence-electron chi connectivity index (χ4n) is 8.68. The first-order valence-corrected chi connectivity index (χ1v) is 18.9. The Labute approximate surface area is 318 Å². The Kier molecular flexibility index (Phi) is 7.21. The largest absolute Gasteiger partial charge is 0.292 e. The fourth-order valence-corrected chi connectivity index (χ4v) is 8.68. The molecule has 0 bridgehead atoms. The van der Waals surface area contributed by atoms with Crippen LogP contribution in [-0.2, 0) is 0 Å². The molecule has 0 amide bonds. The van der Waals surface area contributed by atoms with Gasteiger partial charge in [0.15, 0.2) is 0 Å². The Morgan fingerprint density at radius 3 is 1.47 bits per heavy atom. The van der Waals surface area contributed by atoms with Crippen LogP contribution in [-0.4, -0.2) is 9.38 Å². The van der Waals surface area contributed by atoms with Crippen molar-refractivity contribution >= 4 is 70.7 Å². The van der Waals surface area contributed by atoms with Crippen molar-refractivity contribution in [3.05, 3.63) is 206 Å². The molecular formula is C53H34N2. The SMILES string of the molecule is c1cc(-c2ccc3c(c2)c2ccccc2c2nc4ccccc4n32)ccc(-c2cccc3ccccc23)c2ccccc2c(-c2cccc3ccccc23)c1. The molecule has 0 spiro atoms. The minimum atomic E-state index is 0.988. The van der Waals surface area contributed by atoms with Gasteiger partial charge < -0.3 is 0 Å². The molecule has 0 atom stereocenters. The number of rotatable bonds is 3. The molecule has 11 aromatic rings. The third kappa shape index (κ3) is 5.07. The van der Waals surface area contributed by atoms with Gasteiger partial charge in [0.25, 0.3) is 0 Å². The molecule has 0 saturated carbocycles. The van der Waals surface area contributed by atoms with E-state index in [1.165, 1.54) is 65.3 Å². The molecule has 0 aliphatic carbocycles. The average molecular weight is 699 g/mol. The molecule has 0 fully saturated rings. The second kappa shape index (κ2) is 12.7. The molecule has 256 valence electrons. The first-order valence-electron chi connectivity index (χ1n) is 18.9. The van der Waals surface area contributed by atoms with Crippen LogP contribution >= 0.6 is 0 Å². The highest BCUT2D eigenvalue weighted by Gasteiger charge is 2.15. The first kappa shape index (κ1) is 31.3. The molecule has 2 aromatic heterocycles. The third-order valence-electron chi connectivity index (χ3n) is 11.2. The van der Waals surface area contributed by atoms with Crippen LogP contribution in [0.5, 0.6) is 0 Å². The minimum Gasteiger partial charge on any atom is -0.292 e. The zero-order chi connectivity index (χ0) is 36.3. The molecule has 11 rings (SSSR count). The minimum absolute atomic E-state index is 0.988. The summed E-state index contributed by atoms with van der Waals surface area (Å²) in [6.07, 6.45) is 0. The summed E-state index contributed by atoms with van der Waals surface area (Å²) in [7, 11) is 0. The lowest BCUT2D eigenvalue weighted by molar-refractivity contribution is 1.31. The maximum atomic E-state index is 5.10. The Bertz CT molecular complexity index is 3380. The summed E-state index contributed by atoms with van der Waals surface area (Å²) >= 11 is 0. The van der Waals surface area contributed by atoms with E-state index in [0.29, 0.717) is 0 Å². The quantitative estimate of drug-likeness (QED) is 0.168. The predicted molar refractivity (Wildman–Crippen MR) is 234 cm³/mol. The monoisotopic (exact) mass is 698 g/mol. The summed E-state index contributed by atoms with van der Waals surface area (Å²) in [6.45, 7) is 0. The lowest BCUT2D eigenvalue weighted by Gasteiger charge is -2.13. The van der Waals surface area contributed by atoms with E-state index in [1.54, 1.807) is 0 Å². The molecule has 2 heteroatoms. The number of aromatic nitrogens is 2. The van der Waals surface area contributed by atoms with Crippen molar-refractivity contribution in [2.24, 2.45) is 0 Å². The van der Waals surface area contributed by atoms with Crippen molar-refractivity contribution in [3.63, 3.8) is 0 Å². The van der Waals surface area contributed by atoms with Crippen molar-refractivity contribution in [3.8, 4) is 33.4 Å². The van der Waals surface area contributed by atoms with Gasteiger partial charge in [-0.2, -0.15) is 0 Å². The molecule has 0 saturated heterocycles. The molecule has 2 nitrogen and oxygen atoms in total. The fraction of sp³-hybridized carbons (Fsp3) is 0. The van der Waals surface area contributed by atoms with Gasteiger partial charge in [0.2, 0.25) is 0 Å². The van der Waals surface area contributed by atoms with Gasteiger partial charge in [-0.05, 0) is 95.3 Å². The van der Waals surface area contributed by atoms with Crippen molar-refractivity contribution in [1.82, 2.24) is 9.38 Å². The third-order valence-corrected chi connectivity index (χ3v) is 11.2.